The summed E-state index contributed by atoms with van der Waals surface area (Å²) in [5, 5.41) is 0. The van der Waals surface area contributed by atoms with Crippen LogP contribution in [0.5, 0.6) is 0 Å². The van der Waals surface area contributed by atoms with Crippen molar-refractivity contribution < 1.29 is 14.3 Å². The fourth-order valence-corrected chi connectivity index (χ4v) is 1.77. The molecule has 2 heterocycles. The van der Waals surface area contributed by atoms with E-state index in [1.54, 1.807) is 36.5 Å². The molecule has 0 saturated carbocycles. The second-order valence-corrected chi connectivity index (χ2v) is 3.91. The van der Waals surface area contributed by atoms with E-state index in [0.29, 0.717) is 11.5 Å². The summed E-state index contributed by atoms with van der Waals surface area (Å²) in [7, 11) is 1.26. The van der Waals surface area contributed by atoms with Crippen molar-refractivity contribution in [2.24, 2.45) is 0 Å². The summed E-state index contributed by atoms with van der Waals surface area (Å²) < 4.78 is 4.68. The van der Waals surface area contributed by atoms with Crippen molar-refractivity contribution in [2.45, 2.75) is 6.92 Å². The molecule has 0 bridgehead atoms. The van der Waals surface area contributed by atoms with Crippen LogP contribution in [0.15, 0.2) is 42.7 Å². The average Bonchev–Trinajstić information content (AvgIpc) is 2.48. The molecule has 0 aliphatic rings. The number of hydrogen-bond donors (Lipinski definition) is 0. The van der Waals surface area contributed by atoms with E-state index in [0.717, 1.165) is 0 Å². The number of esters is 1. The van der Waals surface area contributed by atoms with Gasteiger partial charge in [-0.2, -0.15) is 0 Å². The molecule has 0 atom stereocenters. The first-order valence-corrected chi connectivity index (χ1v) is 5.90. The van der Waals surface area contributed by atoms with E-state index in [2.05, 4.69) is 14.7 Å². The van der Waals surface area contributed by atoms with Crippen molar-refractivity contribution >= 4 is 23.4 Å². The second-order valence-electron chi connectivity index (χ2n) is 3.91. The van der Waals surface area contributed by atoms with Crippen molar-refractivity contribution in [1.29, 1.82) is 0 Å². The Hall–Kier alpha value is -2.76. The Labute approximate surface area is 116 Å². The Kier molecular flexibility index (Phi) is 4.05. The lowest BCUT2D eigenvalue weighted by molar-refractivity contribution is -0.115. The monoisotopic (exact) mass is 271 g/mol. The summed E-state index contributed by atoms with van der Waals surface area (Å²) in [5.74, 6) is -0.470. The number of carbonyl (C=O) groups is 2. The molecule has 6 heteroatoms. The predicted molar refractivity (Wildman–Crippen MR) is 72.6 cm³/mol. The van der Waals surface area contributed by atoms with Gasteiger partial charge in [-0.1, -0.05) is 6.07 Å². The molecule has 0 fully saturated rings. The molecule has 1 amide bonds. The van der Waals surface area contributed by atoms with Gasteiger partial charge in [0.1, 0.15) is 5.82 Å². The van der Waals surface area contributed by atoms with E-state index in [9.17, 15) is 9.59 Å². The first-order chi connectivity index (χ1) is 9.65. The van der Waals surface area contributed by atoms with E-state index in [4.69, 9.17) is 0 Å². The highest BCUT2D eigenvalue weighted by atomic mass is 16.5. The van der Waals surface area contributed by atoms with Gasteiger partial charge in [0, 0.05) is 19.3 Å². The van der Waals surface area contributed by atoms with Crippen LogP contribution in [-0.4, -0.2) is 29.0 Å². The molecule has 102 valence electrons. The number of nitrogens with zero attached hydrogens (tertiary/aromatic N) is 3. The number of ether oxygens (including phenoxy) is 1. The summed E-state index contributed by atoms with van der Waals surface area (Å²) in [5.41, 5.74) is 0.404. The lowest BCUT2D eigenvalue weighted by atomic mass is 10.2. The Morgan fingerprint density at radius 3 is 2.45 bits per heavy atom. The Morgan fingerprint density at radius 1 is 1.10 bits per heavy atom. The number of methoxy groups -OCH3 is 1. The first kappa shape index (κ1) is 13.7. The summed E-state index contributed by atoms with van der Waals surface area (Å²) in [6.45, 7) is 1.39. The van der Waals surface area contributed by atoms with Crippen molar-refractivity contribution in [2.75, 3.05) is 12.0 Å². The van der Waals surface area contributed by atoms with Gasteiger partial charge in [-0.3, -0.25) is 9.69 Å². The molecule has 0 spiro atoms. The number of pyridine rings is 2. The van der Waals surface area contributed by atoms with E-state index in [-0.39, 0.29) is 11.6 Å². The molecule has 0 unspecified atom stereocenters. The first-order valence-electron chi connectivity index (χ1n) is 5.90. The molecular weight excluding hydrogens is 258 g/mol. The molecule has 2 rings (SSSR count). The maximum absolute atomic E-state index is 11.9. The lowest BCUT2D eigenvalue weighted by Crippen LogP contribution is -2.26. The van der Waals surface area contributed by atoms with Crippen LogP contribution in [0, 0.1) is 0 Å². The highest BCUT2D eigenvalue weighted by Gasteiger charge is 2.23. The van der Waals surface area contributed by atoms with Crippen LogP contribution in [0.4, 0.5) is 11.5 Å². The Bertz CT molecular complexity index is 629. The zero-order chi connectivity index (χ0) is 14.5. The molecule has 0 N–H and O–H groups in total. The fraction of sp³-hybridized carbons (Fsp3) is 0.143. The summed E-state index contributed by atoms with van der Waals surface area (Å²) in [4.78, 5) is 33.1. The molecule has 6 nitrogen and oxygen atoms in total. The topological polar surface area (TPSA) is 72.4 Å². The van der Waals surface area contributed by atoms with Gasteiger partial charge in [0.15, 0.2) is 5.69 Å². The molecule has 2 aromatic heterocycles. The number of aromatic nitrogens is 2. The predicted octanol–water partition coefficient (Wildman–Crippen LogP) is 1.95. The minimum atomic E-state index is -0.609. The van der Waals surface area contributed by atoms with Gasteiger partial charge in [0.2, 0.25) is 5.91 Å². The molecule has 0 aromatic carbocycles. The van der Waals surface area contributed by atoms with Gasteiger partial charge in [0.05, 0.1) is 12.8 Å². The fourth-order valence-electron chi connectivity index (χ4n) is 1.77. The van der Waals surface area contributed by atoms with Gasteiger partial charge in [-0.05, 0) is 24.3 Å². The number of hydrogen-bond acceptors (Lipinski definition) is 5. The third-order valence-corrected chi connectivity index (χ3v) is 2.60. The van der Waals surface area contributed by atoms with Crippen LogP contribution >= 0.6 is 0 Å². The number of carbonyl (C=O) groups excluding carboxylic acids is 2. The van der Waals surface area contributed by atoms with Crippen LogP contribution in [0.2, 0.25) is 0 Å². The summed E-state index contributed by atoms with van der Waals surface area (Å²) in [6, 6.07) is 8.43. The number of rotatable bonds is 3. The second kappa shape index (κ2) is 5.92. The summed E-state index contributed by atoms with van der Waals surface area (Å²) >= 11 is 0. The standard InChI is InChI=1S/C14H13N3O3/c1-10(18)17(12-7-3-4-8-15-12)11-6-5-9-16-13(11)14(19)20-2/h3-9H,1-2H3. The van der Waals surface area contributed by atoms with Crippen molar-refractivity contribution in [3.05, 3.63) is 48.4 Å². The molecule has 20 heavy (non-hydrogen) atoms. The quantitative estimate of drug-likeness (QED) is 0.798. The molecule has 0 radical (unpaired) electrons. The van der Waals surface area contributed by atoms with Crippen LogP contribution in [0.25, 0.3) is 0 Å². The third-order valence-electron chi connectivity index (χ3n) is 2.60. The van der Waals surface area contributed by atoms with Crippen LogP contribution in [0.3, 0.4) is 0 Å². The van der Waals surface area contributed by atoms with Gasteiger partial charge in [-0.15, -0.1) is 0 Å². The van der Waals surface area contributed by atoms with Gasteiger partial charge >= 0.3 is 5.97 Å². The Balaban J connectivity index is 2.57. The van der Waals surface area contributed by atoms with Crippen molar-refractivity contribution in [3.63, 3.8) is 0 Å². The van der Waals surface area contributed by atoms with Crippen LogP contribution < -0.4 is 4.90 Å². The molecule has 2 aromatic rings. The SMILES string of the molecule is COC(=O)c1ncccc1N(C(C)=O)c1ccccn1. The molecule has 0 saturated heterocycles. The van der Waals surface area contributed by atoms with Crippen LogP contribution in [-0.2, 0) is 9.53 Å². The van der Waals surface area contributed by atoms with E-state index in [1.165, 1.54) is 25.1 Å². The molecular formula is C14H13N3O3. The zero-order valence-electron chi connectivity index (χ0n) is 11.1. The van der Waals surface area contributed by atoms with E-state index < -0.39 is 5.97 Å². The van der Waals surface area contributed by atoms with Gasteiger partial charge in [0.25, 0.3) is 0 Å². The van der Waals surface area contributed by atoms with Gasteiger partial charge in [-0.25, -0.2) is 14.8 Å². The zero-order valence-corrected chi connectivity index (χ0v) is 11.1. The highest BCUT2D eigenvalue weighted by Crippen LogP contribution is 2.26. The maximum Gasteiger partial charge on any atom is 0.358 e. The maximum atomic E-state index is 11.9. The van der Waals surface area contributed by atoms with E-state index >= 15 is 0 Å². The van der Waals surface area contributed by atoms with E-state index in [1.807, 2.05) is 0 Å². The van der Waals surface area contributed by atoms with Gasteiger partial charge < -0.3 is 4.74 Å². The normalized spacial score (nSPS) is 9.90. The number of anilines is 2. The minimum Gasteiger partial charge on any atom is -0.464 e. The third kappa shape index (κ3) is 2.64. The largest absolute Gasteiger partial charge is 0.464 e. The van der Waals surface area contributed by atoms with Crippen LogP contribution in [0.1, 0.15) is 17.4 Å². The van der Waals surface area contributed by atoms with Crippen molar-refractivity contribution in [1.82, 2.24) is 9.97 Å². The van der Waals surface area contributed by atoms with Crippen molar-refractivity contribution in [3.8, 4) is 0 Å². The average molecular weight is 271 g/mol. The Morgan fingerprint density at radius 2 is 1.85 bits per heavy atom. The highest BCUT2D eigenvalue weighted by molar-refractivity contribution is 6.04. The number of amides is 1. The smallest absolute Gasteiger partial charge is 0.358 e. The minimum absolute atomic E-state index is 0.0656. The molecule has 0 aliphatic heterocycles. The lowest BCUT2D eigenvalue weighted by Gasteiger charge is -2.21. The summed E-state index contributed by atoms with van der Waals surface area (Å²) in [6.07, 6.45) is 3.03. The molecule has 0 aliphatic carbocycles.